The van der Waals surface area contributed by atoms with Gasteiger partial charge in [-0.05, 0) is 55.0 Å². The molecule has 1 aliphatic carbocycles. The smallest absolute Gasteiger partial charge is 0.143 e. The largest absolute Gasteiger partial charge is 0.495 e. The lowest BCUT2D eigenvalue weighted by atomic mass is 9.80. The standard InChI is InChI=1S/C28H30FN7O2/c1-18-32-16-25(36(18)2)19-5-8-23(26(11-19)37-3)35-27-12-24-20(15-33-27)6-7-22(34-24)21(13-30)14-31-17-28(38-29)9-4-10-28/h5-8,11-16,30-31H,4,9-10,17H2,1-3H3,(H,33,35)/b21-14+,30-13?. The predicted octanol–water partition coefficient (Wildman–Crippen LogP) is 5.49. The van der Waals surface area contributed by atoms with Crippen molar-refractivity contribution < 1.29 is 14.2 Å². The minimum Gasteiger partial charge on any atom is -0.495 e. The van der Waals surface area contributed by atoms with Gasteiger partial charge in [0.2, 0.25) is 0 Å². The number of aryl methyl sites for hydroxylation is 1. The molecule has 0 aliphatic heterocycles. The van der Waals surface area contributed by atoms with Crippen LogP contribution in [0.5, 0.6) is 5.75 Å². The summed E-state index contributed by atoms with van der Waals surface area (Å²) in [4.78, 5) is 17.8. The van der Waals surface area contributed by atoms with E-state index in [2.05, 4.69) is 25.5 Å². The average Bonchev–Trinajstić information content (AvgIpc) is 3.25. The fraction of sp³-hybridized carbons (Fsp3) is 0.286. The van der Waals surface area contributed by atoms with E-state index >= 15 is 0 Å². The summed E-state index contributed by atoms with van der Waals surface area (Å²) in [6.07, 6.45) is 8.80. The van der Waals surface area contributed by atoms with Gasteiger partial charge >= 0.3 is 0 Å². The molecule has 0 amide bonds. The molecule has 0 saturated heterocycles. The van der Waals surface area contributed by atoms with Crippen LogP contribution in [0.15, 0.2) is 55.0 Å². The van der Waals surface area contributed by atoms with E-state index in [-0.39, 0.29) is 0 Å². The highest BCUT2D eigenvalue weighted by Crippen LogP contribution is 2.35. The Morgan fingerprint density at radius 1 is 1.18 bits per heavy atom. The second kappa shape index (κ2) is 10.6. The molecule has 0 radical (unpaired) electrons. The number of allylic oxidation sites excluding steroid dienone is 1. The van der Waals surface area contributed by atoms with Crippen molar-refractivity contribution in [2.75, 3.05) is 19.0 Å². The molecule has 10 heteroatoms. The Hall–Kier alpha value is -4.31. The van der Waals surface area contributed by atoms with Crippen LogP contribution in [0.4, 0.5) is 16.0 Å². The third-order valence-electron chi connectivity index (χ3n) is 7.12. The lowest BCUT2D eigenvalue weighted by Gasteiger charge is -2.37. The Kier molecular flexibility index (Phi) is 7.06. The van der Waals surface area contributed by atoms with Gasteiger partial charge < -0.3 is 25.3 Å². The zero-order valence-corrected chi connectivity index (χ0v) is 21.6. The van der Waals surface area contributed by atoms with Crippen molar-refractivity contribution in [1.29, 1.82) is 5.41 Å². The number of hydrogen-bond acceptors (Lipinski definition) is 8. The third kappa shape index (κ3) is 4.95. The molecule has 1 aliphatic rings. The van der Waals surface area contributed by atoms with Crippen LogP contribution in [-0.2, 0) is 12.0 Å². The number of ether oxygens (including phenoxy) is 1. The Morgan fingerprint density at radius 2 is 2.03 bits per heavy atom. The fourth-order valence-corrected chi connectivity index (χ4v) is 4.50. The molecule has 38 heavy (non-hydrogen) atoms. The maximum absolute atomic E-state index is 12.9. The second-order valence-electron chi connectivity index (χ2n) is 9.49. The maximum Gasteiger partial charge on any atom is 0.143 e. The molecule has 5 rings (SSSR count). The summed E-state index contributed by atoms with van der Waals surface area (Å²) in [5.74, 6) is 2.21. The van der Waals surface area contributed by atoms with Crippen LogP contribution >= 0.6 is 0 Å². The van der Waals surface area contributed by atoms with Crippen LogP contribution in [0, 0.1) is 12.3 Å². The van der Waals surface area contributed by atoms with Gasteiger partial charge in [-0.2, -0.15) is 4.94 Å². The number of pyridine rings is 2. The van der Waals surface area contributed by atoms with Gasteiger partial charge in [0.15, 0.2) is 0 Å². The molecular formula is C28H30FN7O2. The van der Waals surface area contributed by atoms with E-state index < -0.39 is 5.60 Å². The maximum atomic E-state index is 12.9. The van der Waals surface area contributed by atoms with Gasteiger partial charge in [0.25, 0.3) is 0 Å². The van der Waals surface area contributed by atoms with Crippen LogP contribution in [0.25, 0.3) is 27.7 Å². The normalized spacial score (nSPS) is 14.7. The van der Waals surface area contributed by atoms with Crippen molar-refractivity contribution in [2.45, 2.75) is 31.8 Å². The van der Waals surface area contributed by atoms with Crippen LogP contribution in [0.1, 0.15) is 30.8 Å². The quantitative estimate of drug-likeness (QED) is 0.239. The number of methoxy groups -OCH3 is 1. The Balaban J connectivity index is 1.37. The summed E-state index contributed by atoms with van der Waals surface area (Å²) in [5.41, 5.74) is 3.91. The number of imidazole rings is 1. The molecule has 3 aromatic heterocycles. The number of benzene rings is 1. The molecule has 3 N–H and O–H groups in total. The van der Waals surface area contributed by atoms with E-state index in [4.69, 9.17) is 15.1 Å². The van der Waals surface area contributed by atoms with E-state index in [1.807, 2.05) is 61.1 Å². The number of aromatic nitrogens is 4. The highest BCUT2D eigenvalue weighted by Gasteiger charge is 2.39. The minimum absolute atomic E-state index is 0.341. The molecule has 0 atom stereocenters. The fourth-order valence-electron chi connectivity index (χ4n) is 4.50. The summed E-state index contributed by atoms with van der Waals surface area (Å²) in [6, 6.07) is 11.5. The summed E-state index contributed by atoms with van der Waals surface area (Å²) in [7, 11) is 3.61. The van der Waals surface area contributed by atoms with E-state index in [9.17, 15) is 4.53 Å². The van der Waals surface area contributed by atoms with Crippen LogP contribution in [0.2, 0.25) is 0 Å². The molecular weight excluding hydrogens is 485 g/mol. The molecule has 0 spiro atoms. The Bertz CT molecular complexity index is 1510. The number of anilines is 2. The van der Waals surface area contributed by atoms with E-state index in [0.29, 0.717) is 42.2 Å². The van der Waals surface area contributed by atoms with Crippen LogP contribution in [-0.4, -0.2) is 45.0 Å². The molecule has 0 bridgehead atoms. The molecule has 1 saturated carbocycles. The molecule has 196 valence electrons. The summed E-state index contributed by atoms with van der Waals surface area (Å²) in [5, 5.41) is 15.1. The van der Waals surface area contributed by atoms with Crippen molar-refractivity contribution in [3.05, 3.63) is 66.5 Å². The van der Waals surface area contributed by atoms with E-state index in [0.717, 1.165) is 40.1 Å². The van der Waals surface area contributed by atoms with Gasteiger partial charge in [-0.3, -0.25) is 0 Å². The first kappa shape index (κ1) is 25.3. The Labute approximate surface area is 220 Å². The van der Waals surface area contributed by atoms with Crippen LogP contribution < -0.4 is 15.4 Å². The third-order valence-corrected chi connectivity index (χ3v) is 7.12. The van der Waals surface area contributed by atoms with Gasteiger partial charge in [0.1, 0.15) is 23.0 Å². The minimum atomic E-state index is -0.761. The molecule has 4 aromatic rings. The lowest BCUT2D eigenvalue weighted by Crippen LogP contribution is -2.46. The van der Waals surface area contributed by atoms with Gasteiger partial charge in [0, 0.05) is 54.8 Å². The van der Waals surface area contributed by atoms with Gasteiger partial charge in [0.05, 0.1) is 35.9 Å². The van der Waals surface area contributed by atoms with E-state index in [1.54, 1.807) is 19.5 Å². The number of fused-ring (bicyclic) bond motifs is 1. The van der Waals surface area contributed by atoms with Crippen molar-refractivity contribution in [2.24, 2.45) is 7.05 Å². The van der Waals surface area contributed by atoms with Crippen molar-refractivity contribution >= 4 is 34.2 Å². The molecule has 9 nitrogen and oxygen atoms in total. The first-order valence-electron chi connectivity index (χ1n) is 12.4. The predicted molar refractivity (Wildman–Crippen MR) is 146 cm³/mol. The molecule has 0 unspecified atom stereocenters. The number of nitrogens with zero attached hydrogens (tertiary/aromatic N) is 4. The average molecular weight is 516 g/mol. The van der Waals surface area contributed by atoms with Gasteiger partial charge in [-0.1, -0.05) is 6.07 Å². The summed E-state index contributed by atoms with van der Waals surface area (Å²) >= 11 is 0. The monoisotopic (exact) mass is 515 g/mol. The highest BCUT2D eigenvalue weighted by atomic mass is 19.3. The topological polar surface area (TPSA) is 110 Å². The first-order valence-corrected chi connectivity index (χ1v) is 12.4. The Morgan fingerprint density at radius 3 is 2.68 bits per heavy atom. The van der Waals surface area contributed by atoms with Gasteiger partial charge in [-0.25, -0.2) is 15.0 Å². The second-order valence-corrected chi connectivity index (χ2v) is 9.49. The zero-order valence-electron chi connectivity index (χ0n) is 21.6. The summed E-state index contributed by atoms with van der Waals surface area (Å²) in [6.45, 7) is 2.30. The molecule has 3 heterocycles. The van der Waals surface area contributed by atoms with Crippen molar-refractivity contribution in [3.8, 4) is 17.0 Å². The lowest BCUT2D eigenvalue weighted by molar-refractivity contribution is -0.261. The summed E-state index contributed by atoms with van der Waals surface area (Å²) < 4.78 is 20.6. The van der Waals surface area contributed by atoms with Crippen LogP contribution in [0.3, 0.4) is 0 Å². The highest BCUT2D eigenvalue weighted by molar-refractivity contribution is 6.07. The number of rotatable bonds is 10. The SMILES string of the molecule is COc1cc(-c2cnc(C)n2C)ccc1Nc1cc2nc(/C(C=N)=C/NCC3(OF)CCC3)ccc2cn1. The van der Waals surface area contributed by atoms with Crippen molar-refractivity contribution in [3.63, 3.8) is 0 Å². The number of hydrogen-bond donors (Lipinski definition) is 3. The molecule has 1 fully saturated rings. The number of halogens is 1. The van der Waals surface area contributed by atoms with Gasteiger partial charge in [-0.15, -0.1) is 0 Å². The first-order chi connectivity index (χ1) is 18.4. The molecule has 1 aromatic carbocycles. The van der Waals surface area contributed by atoms with E-state index in [1.165, 1.54) is 6.21 Å². The zero-order chi connectivity index (χ0) is 26.7. The van der Waals surface area contributed by atoms with Crippen molar-refractivity contribution in [1.82, 2.24) is 24.8 Å². The number of nitrogens with one attached hydrogen (secondary N) is 3.